The smallest absolute Gasteiger partial charge is 0.0702 e. The van der Waals surface area contributed by atoms with E-state index in [1.807, 2.05) is 0 Å². The van der Waals surface area contributed by atoms with Gasteiger partial charge in [-0.2, -0.15) is 5.26 Å². The third-order valence-electron chi connectivity index (χ3n) is 9.02. The van der Waals surface area contributed by atoms with Crippen molar-refractivity contribution in [3.63, 3.8) is 0 Å². The van der Waals surface area contributed by atoms with Crippen LogP contribution < -0.4 is 0 Å². The van der Waals surface area contributed by atoms with E-state index in [9.17, 15) is 5.26 Å². The summed E-state index contributed by atoms with van der Waals surface area (Å²) < 4.78 is 0. The van der Waals surface area contributed by atoms with Crippen LogP contribution in [-0.4, -0.2) is 0 Å². The molecule has 0 aromatic heterocycles. The minimum atomic E-state index is -0.134. The molecule has 3 aliphatic carbocycles. The predicted octanol–water partition coefficient (Wildman–Crippen LogP) is 7.39. The van der Waals surface area contributed by atoms with E-state index in [1.165, 1.54) is 38.5 Å². The van der Waals surface area contributed by atoms with Crippen molar-refractivity contribution in [2.45, 2.75) is 93.4 Å². The summed E-state index contributed by atoms with van der Waals surface area (Å²) in [7, 11) is 0. The first-order valence-electron chi connectivity index (χ1n) is 11.3. The van der Waals surface area contributed by atoms with Gasteiger partial charge in [-0.05, 0) is 60.7 Å². The Balaban J connectivity index is 1.99. The van der Waals surface area contributed by atoms with Crippen LogP contribution >= 0.6 is 0 Å². The summed E-state index contributed by atoms with van der Waals surface area (Å²) in [6.07, 6.45) is 11.4. The molecule has 146 valence electrons. The molecule has 3 rings (SSSR count). The molecule has 1 heteroatoms. The van der Waals surface area contributed by atoms with Crippen molar-refractivity contribution < 1.29 is 0 Å². The third-order valence-corrected chi connectivity index (χ3v) is 9.02. The zero-order valence-electron chi connectivity index (χ0n) is 18.4. The maximum absolute atomic E-state index is 10.6. The largest absolute Gasteiger partial charge is 0.198 e. The Morgan fingerprint density at radius 2 is 1.85 bits per heavy atom. The number of hydrogen-bond donors (Lipinski definition) is 0. The van der Waals surface area contributed by atoms with Crippen LogP contribution in [0.3, 0.4) is 0 Å². The lowest BCUT2D eigenvalue weighted by atomic mass is 9.53. The van der Waals surface area contributed by atoms with Crippen molar-refractivity contribution in [1.29, 1.82) is 5.26 Å². The highest BCUT2D eigenvalue weighted by Crippen LogP contribution is 2.72. The first-order chi connectivity index (χ1) is 12.1. The van der Waals surface area contributed by atoms with Crippen LogP contribution in [0.2, 0.25) is 0 Å². The monoisotopic (exact) mass is 355 g/mol. The molecule has 6 unspecified atom stereocenters. The van der Waals surface area contributed by atoms with Gasteiger partial charge in [-0.25, -0.2) is 0 Å². The molecule has 0 aromatic carbocycles. The SMILES string of the molecule is CCCCCC1C(C)C(C)(C)CC1C1(C#N)CC2C=C(C(C)C)C1(C)C2. The molecule has 2 bridgehead atoms. The number of fused-ring (bicyclic) bond motifs is 2. The van der Waals surface area contributed by atoms with Crippen molar-refractivity contribution >= 4 is 0 Å². The molecule has 2 saturated carbocycles. The number of nitrogens with zero attached hydrogens (tertiary/aromatic N) is 1. The topological polar surface area (TPSA) is 23.8 Å². The van der Waals surface area contributed by atoms with Crippen molar-refractivity contribution in [2.75, 3.05) is 0 Å². The Labute approximate surface area is 162 Å². The van der Waals surface area contributed by atoms with E-state index >= 15 is 0 Å². The molecule has 6 atom stereocenters. The summed E-state index contributed by atoms with van der Waals surface area (Å²) in [5.41, 5.74) is 1.94. The Morgan fingerprint density at radius 1 is 1.15 bits per heavy atom. The van der Waals surface area contributed by atoms with E-state index in [1.54, 1.807) is 5.57 Å². The molecule has 0 radical (unpaired) electrons. The third kappa shape index (κ3) is 2.70. The Bertz CT molecular complexity index is 606. The fraction of sp³-hybridized carbons (Fsp3) is 0.880. The quantitative estimate of drug-likeness (QED) is 0.360. The van der Waals surface area contributed by atoms with Gasteiger partial charge in [0.15, 0.2) is 0 Å². The summed E-state index contributed by atoms with van der Waals surface area (Å²) in [5.74, 6) is 3.24. The molecule has 0 N–H and O–H groups in total. The van der Waals surface area contributed by atoms with E-state index < -0.39 is 0 Å². The van der Waals surface area contributed by atoms with E-state index in [4.69, 9.17) is 0 Å². The van der Waals surface area contributed by atoms with Gasteiger partial charge in [0.25, 0.3) is 0 Å². The Hall–Kier alpha value is -0.770. The van der Waals surface area contributed by atoms with Gasteiger partial charge in [-0.1, -0.05) is 79.4 Å². The van der Waals surface area contributed by atoms with E-state index in [-0.39, 0.29) is 10.8 Å². The zero-order chi connectivity index (χ0) is 19.3. The van der Waals surface area contributed by atoms with Crippen molar-refractivity contribution in [3.8, 4) is 6.07 Å². The average Bonchev–Trinajstić information content (AvgIpc) is 3.14. The molecule has 26 heavy (non-hydrogen) atoms. The highest BCUT2D eigenvalue weighted by Gasteiger charge is 2.67. The lowest BCUT2D eigenvalue weighted by Crippen LogP contribution is -2.45. The lowest BCUT2D eigenvalue weighted by Gasteiger charge is -2.48. The molecular weight excluding hydrogens is 314 g/mol. The highest BCUT2D eigenvalue weighted by molar-refractivity contribution is 5.38. The lowest BCUT2D eigenvalue weighted by molar-refractivity contribution is 0.0627. The van der Waals surface area contributed by atoms with E-state index in [0.29, 0.717) is 23.2 Å². The van der Waals surface area contributed by atoms with Crippen molar-refractivity contribution in [2.24, 2.45) is 45.8 Å². The molecular formula is C25H41N. The van der Waals surface area contributed by atoms with Gasteiger partial charge in [0.05, 0.1) is 11.5 Å². The summed E-state index contributed by atoms with van der Waals surface area (Å²) in [4.78, 5) is 0. The second-order valence-corrected chi connectivity index (χ2v) is 11.1. The molecule has 0 amide bonds. The molecule has 0 saturated heterocycles. The number of rotatable bonds is 6. The number of hydrogen-bond acceptors (Lipinski definition) is 1. The predicted molar refractivity (Wildman–Crippen MR) is 110 cm³/mol. The molecule has 0 spiro atoms. The molecule has 0 aromatic rings. The molecule has 0 heterocycles. The number of unbranched alkanes of at least 4 members (excludes halogenated alkanes) is 2. The summed E-state index contributed by atoms with van der Waals surface area (Å²) in [6, 6.07) is 3.01. The van der Waals surface area contributed by atoms with Gasteiger partial charge in [0, 0.05) is 5.41 Å². The average molecular weight is 356 g/mol. The standard InChI is InChI=1S/C25H41N/c1-8-9-10-11-20-18(4)23(5,6)15-22(20)25(16-26)14-19-12-21(17(2)3)24(25,7)13-19/h12,17-20,22H,8-11,13-15H2,1-7H3. The molecule has 0 aliphatic heterocycles. The Morgan fingerprint density at radius 3 is 2.38 bits per heavy atom. The first kappa shape index (κ1) is 20.0. The summed E-state index contributed by atoms with van der Waals surface area (Å²) >= 11 is 0. The van der Waals surface area contributed by atoms with Crippen molar-refractivity contribution in [1.82, 2.24) is 0 Å². The van der Waals surface area contributed by atoms with Gasteiger partial charge in [0.1, 0.15) is 0 Å². The minimum absolute atomic E-state index is 0.106. The Kier molecular flexibility index (Phi) is 5.14. The number of nitriles is 1. The fourth-order valence-corrected chi connectivity index (χ4v) is 7.44. The zero-order valence-corrected chi connectivity index (χ0v) is 18.4. The molecule has 1 nitrogen and oxygen atoms in total. The van der Waals surface area contributed by atoms with Crippen LogP contribution in [0.4, 0.5) is 0 Å². The van der Waals surface area contributed by atoms with Crippen LogP contribution in [0.5, 0.6) is 0 Å². The van der Waals surface area contributed by atoms with Gasteiger partial charge in [-0.15, -0.1) is 0 Å². The fourth-order valence-electron chi connectivity index (χ4n) is 7.44. The highest BCUT2D eigenvalue weighted by atomic mass is 14.7. The van der Waals surface area contributed by atoms with Crippen LogP contribution in [0, 0.1) is 57.2 Å². The molecule has 3 aliphatic rings. The van der Waals surface area contributed by atoms with Gasteiger partial charge < -0.3 is 0 Å². The van der Waals surface area contributed by atoms with Crippen molar-refractivity contribution in [3.05, 3.63) is 11.6 Å². The van der Waals surface area contributed by atoms with Gasteiger partial charge in [0.2, 0.25) is 0 Å². The minimum Gasteiger partial charge on any atom is -0.198 e. The normalized spacial score (nSPS) is 43.7. The van der Waals surface area contributed by atoms with Gasteiger partial charge in [-0.3, -0.25) is 0 Å². The second kappa shape index (κ2) is 6.68. The number of allylic oxidation sites excluding steroid dienone is 2. The second-order valence-electron chi connectivity index (χ2n) is 11.1. The van der Waals surface area contributed by atoms with Crippen LogP contribution in [0.15, 0.2) is 11.6 Å². The van der Waals surface area contributed by atoms with Crippen LogP contribution in [0.1, 0.15) is 93.4 Å². The van der Waals surface area contributed by atoms with Crippen LogP contribution in [0.25, 0.3) is 0 Å². The maximum Gasteiger partial charge on any atom is 0.0702 e. The van der Waals surface area contributed by atoms with Gasteiger partial charge >= 0.3 is 0 Å². The summed E-state index contributed by atoms with van der Waals surface area (Å²) in [6.45, 7) is 16.8. The maximum atomic E-state index is 10.6. The summed E-state index contributed by atoms with van der Waals surface area (Å²) in [5, 5.41) is 10.6. The first-order valence-corrected chi connectivity index (χ1v) is 11.3. The van der Waals surface area contributed by atoms with Crippen LogP contribution in [-0.2, 0) is 0 Å². The van der Waals surface area contributed by atoms with E-state index in [0.717, 1.165) is 18.3 Å². The molecule has 2 fully saturated rings. The van der Waals surface area contributed by atoms with E-state index in [2.05, 4.69) is 60.6 Å².